The summed E-state index contributed by atoms with van der Waals surface area (Å²) < 4.78 is 11.1. The SMILES string of the molecule is CCOc1cccc(OCCCN(C)C)c1N. The van der Waals surface area contributed by atoms with Gasteiger partial charge in [-0.25, -0.2) is 0 Å². The molecule has 0 spiro atoms. The normalized spacial score (nSPS) is 10.6. The van der Waals surface area contributed by atoms with E-state index < -0.39 is 0 Å². The van der Waals surface area contributed by atoms with Crippen LogP contribution in [-0.4, -0.2) is 38.8 Å². The van der Waals surface area contributed by atoms with Gasteiger partial charge in [-0.1, -0.05) is 6.07 Å². The van der Waals surface area contributed by atoms with Gasteiger partial charge in [-0.05, 0) is 39.6 Å². The highest BCUT2D eigenvalue weighted by molar-refractivity contribution is 5.62. The van der Waals surface area contributed by atoms with Crippen LogP contribution in [-0.2, 0) is 0 Å². The summed E-state index contributed by atoms with van der Waals surface area (Å²) in [5.41, 5.74) is 6.53. The Hall–Kier alpha value is -1.42. The van der Waals surface area contributed by atoms with Crippen molar-refractivity contribution in [1.82, 2.24) is 4.90 Å². The first-order valence-electron chi connectivity index (χ1n) is 5.94. The zero-order valence-electron chi connectivity index (χ0n) is 10.9. The molecule has 96 valence electrons. The molecule has 0 radical (unpaired) electrons. The van der Waals surface area contributed by atoms with E-state index >= 15 is 0 Å². The molecule has 0 saturated heterocycles. The molecular formula is C13H22N2O2. The number of anilines is 1. The standard InChI is InChI=1S/C13H22N2O2/c1-4-16-11-7-5-8-12(13(11)14)17-10-6-9-15(2)3/h5,7-8H,4,6,9-10,14H2,1-3H3. The fourth-order valence-electron chi connectivity index (χ4n) is 1.49. The number of hydrogen-bond donors (Lipinski definition) is 1. The zero-order chi connectivity index (χ0) is 12.7. The lowest BCUT2D eigenvalue weighted by Crippen LogP contribution is -2.15. The van der Waals surface area contributed by atoms with E-state index in [9.17, 15) is 0 Å². The van der Waals surface area contributed by atoms with Crippen molar-refractivity contribution in [2.75, 3.05) is 39.6 Å². The Morgan fingerprint density at radius 2 is 1.82 bits per heavy atom. The monoisotopic (exact) mass is 238 g/mol. The molecular weight excluding hydrogens is 216 g/mol. The van der Waals surface area contributed by atoms with Crippen molar-refractivity contribution >= 4 is 5.69 Å². The molecule has 0 bridgehead atoms. The minimum atomic E-state index is 0.583. The highest BCUT2D eigenvalue weighted by Crippen LogP contribution is 2.31. The summed E-state index contributed by atoms with van der Waals surface area (Å²) in [6.07, 6.45) is 0.977. The maximum atomic E-state index is 5.95. The quantitative estimate of drug-likeness (QED) is 0.583. The predicted molar refractivity (Wildman–Crippen MR) is 70.7 cm³/mol. The van der Waals surface area contributed by atoms with Crippen LogP contribution < -0.4 is 15.2 Å². The third-order valence-electron chi connectivity index (χ3n) is 2.33. The Kier molecular flexibility index (Phi) is 5.63. The van der Waals surface area contributed by atoms with Gasteiger partial charge in [-0.2, -0.15) is 0 Å². The molecule has 0 atom stereocenters. The summed E-state index contributed by atoms with van der Waals surface area (Å²) in [5.74, 6) is 1.40. The van der Waals surface area contributed by atoms with E-state index in [-0.39, 0.29) is 0 Å². The van der Waals surface area contributed by atoms with Crippen LogP contribution in [0.15, 0.2) is 18.2 Å². The maximum Gasteiger partial charge on any atom is 0.146 e. The molecule has 0 aromatic heterocycles. The molecule has 0 heterocycles. The third-order valence-corrected chi connectivity index (χ3v) is 2.33. The van der Waals surface area contributed by atoms with Gasteiger partial charge < -0.3 is 20.1 Å². The third kappa shape index (κ3) is 4.53. The average Bonchev–Trinajstić information content (AvgIpc) is 2.29. The smallest absolute Gasteiger partial charge is 0.146 e. The summed E-state index contributed by atoms with van der Waals surface area (Å²) in [7, 11) is 4.09. The fraction of sp³-hybridized carbons (Fsp3) is 0.538. The molecule has 0 aliphatic heterocycles. The molecule has 2 N–H and O–H groups in total. The van der Waals surface area contributed by atoms with E-state index in [2.05, 4.69) is 4.90 Å². The molecule has 0 saturated carbocycles. The van der Waals surface area contributed by atoms with Crippen molar-refractivity contribution in [1.29, 1.82) is 0 Å². The van der Waals surface area contributed by atoms with Gasteiger partial charge >= 0.3 is 0 Å². The number of benzene rings is 1. The number of hydrogen-bond acceptors (Lipinski definition) is 4. The highest BCUT2D eigenvalue weighted by atomic mass is 16.5. The lowest BCUT2D eigenvalue weighted by atomic mass is 10.2. The first kappa shape index (κ1) is 13.6. The Balaban J connectivity index is 2.50. The molecule has 17 heavy (non-hydrogen) atoms. The number of para-hydroxylation sites is 1. The zero-order valence-corrected chi connectivity index (χ0v) is 10.9. The van der Waals surface area contributed by atoms with Crippen LogP contribution in [0.1, 0.15) is 13.3 Å². The Labute approximate surface area is 103 Å². The van der Waals surface area contributed by atoms with Crippen LogP contribution >= 0.6 is 0 Å². The van der Waals surface area contributed by atoms with Crippen LogP contribution in [0.25, 0.3) is 0 Å². The van der Waals surface area contributed by atoms with Gasteiger partial charge in [-0.15, -0.1) is 0 Å². The molecule has 0 amide bonds. The van der Waals surface area contributed by atoms with E-state index in [1.54, 1.807) is 0 Å². The second-order valence-corrected chi connectivity index (χ2v) is 4.11. The molecule has 0 aliphatic rings. The van der Waals surface area contributed by atoms with Gasteiger partial charge in [-0.3, -0.25) is 0 Å². The van der Waals surface area contributed by atoms with Gasteiger partial charge in [0, 0.05) is 6.54 Å². The average molecular weight is 238 g/mol. The molecule has 0 fully saturated rings. The molecule has 4 nitrogen and oxygen atoms in total. The second-order valence-electron chi connectivity index (χ2n) is 4.11. The van der Waals surface area contributed by atoms with Crippen LogP contribution in [0.2, 0.25) is 0 Å². The molecule has 1 aromatic carbocycles. The van der Waals surface area contributed by atoms with E-state index in [0.29, 0.717) is 30.4 Å². The topological polar surface area (TPSA) is 47.7 Å². The molecule has 1 aromatic rings. The number of ether oxygens (including phenoxy) is 2. The Morgan fingerprint density at radius 3 is 2.41 bits per heavy atom. The van der Waals surface area contributed by atoms with Crippen molar-refractivity contribution in [3.05, 3.63) is 18.2 Å². The van der Waals surface area contributed by atoms with E-state index in [4.69, 9.17) is 15.2 Å². The number of rotatable bonds is 7. The van der Waals surface area contributed by atoms with Crippen LogP contribution in [0.4, 0.5) is 5.69 Å². The van der Waals surface area contributed by atoms with E-state index in [1.165, 1.54) is 0 Å². The van der Waals surface area contributed by atoms with Gasteiger partial charge in [0.1, 0.15) is 17.2 Å². The minimum absolute atomic E-state index is 0.583. The Bertz CT molecular complexity index is 340. The highest BCUT2D eigenvalue weighted by Gasteiger charge is 2.06. The summed E-state index contributed by atoms with van der Waals surface area (Å²) in [5, 5.41) is 0. The first-order valence-corrected chi connectivity index (χ1v) is 5.94. The van der Waals surface area contributed by atoms with Gasteiger partial charge in [0.25, 0.3) is 0 Å². The predicted octanol–water partition coefficient (Wildman–Crippen LogP) is 2.00. The summed E-state index contributed by atoms with van der Waals surface area (Å²) in [4.78, 5) is 2.13. The number of nitrogen functional groups attached to an aromatic ring is 1. The maximum absolute atomic E-state index is 5.95. The number of nitrogens with zero attached hydrogens (tertiary/aromatic N) is 1. The van der Waals surface area contributed by atoms with Crippen LogP contribution in [0.3, 0.4) is 0 Å². The molecule has 4 heteroatoms. The van der Waals surface area contributed by atoms with Crippen molar-refractivity contribution < 1.29 is 9.47 Å². The largest absolute Gasteiger partial charge is 0.492 e. The lowest BCUT2D eigenvalue weighted by Gasteiger charge is -2.13. The van der Waals surface area contributed by atoms with Gasteiger partial charge in [0.15, 0.2) is 0 Å². The summed E-state index contributed by atoms with van der Waals surface area (Å²) >= 11 is 0. The van der Waals surface area contributed by atoms with Gasteiger partial charge in [0.2, 0.25) is 0 Å². The van der Waals surface area contributed by atoms with E-state index in [1.807, 2.05) is 39.2 Å². The van der Waals surface area contributed by atoms with Gasteiger partial charge in [0.05, 0.1) is 13.2 Å². The molecule has 0 unspecified atom stereocenters. The second kappa shape index (κ2) is 7.01. The van der Waals surface area contributed by atoms with Crippen molar-refractivity contribution in [3.63, 3.8) is 0 Å². The lowest BCUT2D eigenvalue weighted by molar-refractivity contribution is 0.280. The van der Waals surface area contributed by atoms with Crippen LogP contribution in [0, 0.1) is 0 Å². The van der Waals surface area contributed by atoms with Crippen LogP contribution in [0.5, 0.6) is 11.5 Å². The minimum Gasteiger partial charge on any atom is -0.492 e. The first-order chi connectivity index (χ1) is 8.15. The Morgan fingerprint density at radius 1 is 1.18 bits per heavy atom. The fourth-order valence-corrected chi connectivity index (χ4v) is 1.49. The number of nitrogens with two attached hydrogens (primary N) is 1. The van der Waals surface area contributed by atoms with Crippen molar-refractivity contribution in [3.8, 4) is 11.5 Å². The summed E-state index contributed by atoms with van der Waals surface area (Å²) in [6, 6.07) is 5.61. The molecule has 0 aliphatic carbocycles. The summed E-state index contributed by atoms with van der Waals surface area (Å²) in [6.45, 7) is 4.21. The molecule has 1 rings (SSSR count). The van der Waals surface area contributed by atoms with E-state index in [0.717, 1.165) is 13.0 Å². The van der Waals surface area contributed by atoms with Crippen molar-refractivity contribution in [2.45, 2.75) is 13.3 Å². The van der Waals surface area contributed by atoms with Crippen molar-refractivity contribution in [2.24, 2.45) is 0 Å².